The molecule has 0 radical (unpaired) electrons. The molecule has 1 amide bonds. The van der Waals surface area contributed by atoms with Crippen LogP contribution in [0.1, 0.15) is 36.0 Å². The van der Waals surface area contributed by atoms with Gasteiger partial charge in [0.2, 0.25) is 0 Å². The highest BCUT2D eigenvalue weighted by atomic mass is 19.1. The molecular weight excluding hydrogens is 245 g/mol. The highest BCUT2D eigenvalue weighted by molar-refractivity contribution is 5.94. The fraction of sp³-hybridized carbons (Fsp3) is 0.533. The zero-order chi connectivity index (χ0) is 13.5. The average molecular weight is 265 g/mol. The minimum Gasteiger partial charge on any atom is -0.381 e. The maximum absolute atomic E-state index is 12.7. The maximum Gasteiger partial charge on any atom is 0.251 e. The summed E-state index contributed by atoms with van der Waals surface area (Å²) < 4.78 is 18.0. The smallest absolute Gasteiger partial charge is 0.251 e. The van der Waals surface area contributed by atoms with Crippen LogP contribution in [0, 0.1) is 11.7 Å². The van der Waals surface area contributed by atoms with Crippen LogP contribution in [0.4, 0.5) is 4.39 Å². The largest absolute Gasteiger partial charge is 0.381 e. The Labute approximate surface area is 113 Å². The molecule has 0 aromatic heterocycles. The molecule has 0 spiro atoms. The van der Waals surface area contributed by atoms with Gasteiger partial charge in [-0.15, -0.1) is 0 Å². The van der Waals surface area contributed by atoms with Crippen molar-refractivity contribution in [2.75, 3.05) is 19.8 Å². The van der Waals surface area contributed by atoms with Crippen molar-refractivity contribution in [3.8, 4) is 0 Å². The number of benzene rings is 1. The van der Waals surface area contributed by atoms with Gasteiger partial charge in [-0.1, -0.05) is 0 Å². The van der Waals surface area contributed by atoms with Gasteiger partial charge in [-0.2, -0.15) is 0 Å². The van der Waals surface area contributed by atoms with Gasteiger partial charge in [-0.05, 0) is 55.9 Å². The maximum atomic E-state index is 12.7. The molecule has 19 heavy (non-hydrogen) atoms. The first-order valence-corrected chi connectivity index (χ1v) is 6.87. The Balaban J connectivity index is 1.64. The van der Waals surface area contributed by atoms with Crippen LogP contribution in [-0.4, -0.2) is 25.7 Å². The number of hydrogen-bond acceptors (Lipinski definition) is 2. The molecule has 1 fully saturated rings. The van der Waals surface area contributed by atoms with Gasteiger partial charge in [0.25, 0.3) is 5.91 Å². The number of nitrogens with one attached hydrogen (secondary N) is 1. The summed E-state index contributed by atoms with van der Waals surface area (Å²) in [7, 11) is 0. The van der Waals surface area contributed by atoms with Crippen LogP contribution < -0.4 is 5.32 Å². The van der Waals surface area contributed by atoms with Crippen LogP contribution in [0.5, 0.6) is 0 Å². The van der Waals surface area contributed by atoms with Crippen LogP contribution in [0.2, 0.25) is 0 Å². The summed E-state index contributed by atoms with van der Waals surface area (Å²) in [5.41, 5.74) is 0.507. The van der Waals surface area contributed by atoms with Crippen LogP contribution in [0.25, 0.3) is 0 Å². The molecule has 2 rings (SSSR count). The predicted molar refractivity (Wildman–Crippen MR) is 71.5 cm³/mol. The van der Waals surface area contributed by atoms with Crippen molar-refractivity contribution < 1.29 is 13.9 Å². The molecule has 0 atom stereocenters. The van der Waals surface area contributed by atoms with E-state index in [1.165, 1.54) is 24.3 Å². The van der Waals surface area contributed by atoms with Crippen molar-refractivity contribution in [3.05, 3.63) is 35.6 Å². The number of hydrogen-bond donors (Lipinski definition) is 1. The number of halogens is 1. The second kappa shape index (κ2) is 7.24. The van der Waals surface area contributed by atoms with Crippen molar-refractivity contribution in [1.29, 1.82) is 0 Å². The molecule has 1 aromatic carbocycles. The molecule has 0 aliphatic carbocycles. The summed E-state index contributed by atoms with van der Waals surface area (Å²) in [6, 6.07) is 5.61. The number of ether oxygens (including phenoxy) is 1. The van der Waals surface area contributed by atoms with E-state index in [-0.39, 0.29) is 11.7 Å². The number of amides is 1. The molecule has 0 saturated carbocycles. The Kier molecular flexibility index (Phi) is 5.33. The van der Waals surface area contributed by atoms with Crippen molar-refractivity contribution in [1.82, 2.24) is 5.32 Å². The lowest BCUT2D eigenvalue weighted by atomic mass is 9.95. The van der Waals surface area contributed by atoms with Gasteiger partial charge >= 0.3 is 0 Å². The van der Waals surface area contributed by atoms with Gasteiger partial charge in [0.05, 0.1) is 0 Å². The van der Waals surface area contributed by atoms with Crippen molar-refractivity contribution in [3.63, 3.8) is 0 Å². The van der Waals surface area contributed by atoms with Gasteiger partial charge in [-0.25, -0.2) is 4.39 Å². The summed E-state index contributed by atoms with van der Waals surface area (Å²) in [4.78, 5) is 11.8. The lowest BCUT2D eigenvalue weighted by molar-refractivity contribution is 0.0631. The fourth-order valence-corrected chi connectivity index (χ4v) is 2.33. The summed E-state index contributed by atoms with van der Waals surface area (Å²) in [5.74, 6) is 0.277. The highest BCUT2D eigenvalue weighted by Gasteiger charge is 2.13. The standard InChI is InChI=1S/C15H20FNO2/c16-14-5-3-13(4-6-14)15(18)17-9-1-2-12-7-10-19-11-8-12/h3-6,12H,1-2,7-11H2,(H,17,18). The third-order valence-corrected chi connectivity index (χ3v) is 3.52. The van der Waals surface area contributed by atoms with Gasteiger partial charge < -0.3 is 10.1 Å². The van der Waals surface area contributed by atoms with Crippen LogP contribution in [0.15, 0.2) is 24.3 Å². The van der Waals surface area contributed by atoms with E-state index in [0.29, 0.717) is 12.1 Å². The predicted octanol–water partition coefficient (Wildman–Crippen LogP) is 2.76. The molecule has 0 unspecified atom stereocenters. The van der Waals surface area contributed by atoms with Crippen LogP contribution >= 0.6 is 0 Å². The third-order valence-electron chi connectivity index (χ3n) is 3.52. The number of carbonyl (C=O) groups is 1. The van der Waals surface area contributed by atoms with Crippen molar-refractivity contribution in [2.24, 2.45) is 5.92 Å². The molecule has 1 aromatic rings. The van der Waals surface area contributed by atoms with E-state index >= 15 is 0 Å². The van der Waals surface area contributed by atoms with Crippen molar-refractivity contribution >= 4 is 5.91 Å². The fourth-order valence-electron chi connectivity index (χ4n) is 2.33. The minimum absolute atomic E-state index is 0.132. The Morgan fingerprint density at radius 3 is 2.63 bits per heavy atom. The molecular formula is C15H20FNO2. The van der Waals surface area contributed by atoms with Crippen LogP contribution in [-0.2, 0) is 4.74 Å². The average Bonchev–Trinajstić information content (AvgIpc) is 2.45. The molecule has 1 aliphatic heterocycles. The quantitative estimate of drug-likeness (QED) is 0.831. The van der Waals surface area contributed by atoms with E-state index in [0.717, 1.165) is 44.8 Å². The molecule has 4 heteroatoms. The zero-order valence-corrected chi connectivity index (χ0v) is 11.0. The molecule has 3 nitrogen and oxygen atoms in total. The third kappa shape index (κ3) is 4.63. The molecule has 1 N–H and O–H groups in total. The Morgan fingerprint density at radius 1 is 1.26 bits per heavy atom. The monoisotopic (exact) mass is 265 g/mol. The zero-order valence-electron chi connectivity index (χ0n) is 11.0. The normalized spacial score (nSPS) is 16.3. The summed E-state index contributed by atoms with van der Waals surface area (Å²) in [5, 5.41) is 2.87. The van der Waals surface area contributed by atoms with E-state index < -0.39 is 0 Å². The van der Waals surface area contributed by atoms with E-state index in [4.69, 9.17) is 4.74 Å². The Bertz CT molecular complexity index is 399. The first-order valence-electron chi connectivity index (χ1n) is 6.87. The van der Waals surface area contributed by atoms with Crippen LogP contribution in [0.3, 0.4) is 0 Å². The van der Waals surface area contributed by atoms with E-state index in [1.54, 1.807) is 0 Å². The number of rotatable bonds is 5. The van der Waals surface area contributed by atoms with Gasteiger partial charge in [0.15, 0.2) is 0 Å². The first-order chi connectivity index (χ1) is 9.25. The molecule has 104 valence electrons. The van der Waals surface area contributed by atoms with E-state index in [1.807, 2.05) is 0 Å². The Hall–Kier alpha value is -1.42. The van der Waals surface area contributed by atoms with Gasteiger partial charge in [0.1, 0.15) is 5.82 Å². The SMILES string of the molecule is O=C(NCCCC1CCOCC1)c1ccc(F)cc1. The summed E-state index contributed by atoms with van der Waals surface area (Å²) >= 11 is 0. The lowest BCUT2D eigenvalue weighted by Crippen LogP contribution is -2.25. The molecule has 1 saturated heterocycles. The summed E-state index contributed by atoms with van der Waals surface area (Å²) in [6.45, 7) is 2.41. The van der Waals surface area contributed by atoms with E-state index in [2.05, 4.69) is 5.32 Å². The Morgan fingerprint density at radius 2 is 1.95 bits per heavy atom. The first kappa shape index (κ1) is 14.0. The van der Waals surface area contributed by atoms with Gasteiger partial charge in [0, 0.05) is 25.3 Å². The summed E-state index contributed by atoms with van der Waals surface area (Å²) in [6.07, 6.45) is 4.38. The van der Waals surface area contributed by atoms with Crippen molar-refractivity contribution in [2.45, 2.75) is 25.7 Å². The second-order valence-electron chi connectivity index (χ2n) is 4.96. The molecule has 1 aliphatic rings. The van der Waals surface area contributed by atoms with Gasteiger partial charge in [-0.3, -0.25) is 4.79 Å². The minimum atomic E-state index is -0.323. The number of carbonyl (C=O) groups excluding carboxylic acids is 1. The highest BCUT2D eigenvalue weighted by Crippen LogP contribution is 2.19. The molecule has 0 bridgehead atoms. The second-order valence-corrected chi connectivity index (χ2v) is 4.96. The van der Waals surface area contributed by atoms with E-state index in [9.17, 15) is 9.18 Å². The topological polar surface area (TPSA) is 38.3 Å². The molecule has 1 heterocycles. The lowest BCUT2D eigenvalue weighted by Gasteiger charge is -2.21.